The zero-order chi connectivity index (χ0) is 14.3. The average molecular weight is 352 g/mol. The molecule has 4 heteroatoms. The lowest BCUT2D eigenvalue weighted by Crippen LogP contribution is -2.20. The molecule has 0 spiro atoms. The fourth-order valence-electron chi connectivity index (χ4n) is 2.34. The Labute approximate surface area is 130 Å². The van der Waals surface area contributed by atoms with E-state index in [0.29, 0.717) is 22.8 Å². The SMILES string of the molecule is Cc1ccc2c(c1)C(=O)CC(c1ccc(Br)c(Cl)c1)O2. The lowest BCUT2D eigenvalue weighted by molar-refractivity contribution is 0.0850. The molecular formula is C16H12BrClO2. The lowest BCUT2D eigenvalue weighted by atomic mass is 9.95. The monoisotopic (exact) mass is 350 g/mol. The number of rotatable bonds is 1. The zero-order valence-corrected chi connectivity index (χ0v) is 13.2. The minimum absolute atomic E-state index is 0.110. The Hall–Kier alpha value is -1.32. The Kier molecular flexibility index (Phi) is 3.57. The first kappa shape index (κ1) is 13.7. The van der Waals surface area contributed by atoms with Crippen molar-refractivity contribution >= 4 is 33.3 Å². The van der Waals surface area contributed by atoms with E-state index < -0.39 is 0 Å². The molecule has 0 saturated heterocycles. The Balaban J connectivity index is 1.97. The Morgan fingerprint density at radius 3 is 2.80 bits per heavy atom. The summed E-state index contributed by atoms with van der Waals surface area (Å²) in [5.74, 6) is 0.759. The summed E-state index contributed by atoms with van der Waals surface area (Å²) < 4.78 is 6.78. The number of carbonyl (C=O) groups is 1. The normalized spacial score (nSPS) is 17.6. The van der Waals surface area contributed by atoms with Crippen molar-refractivity contribution in [3.63, 3.8) is 0 Å². The third kappa shape index (κ3) is 2.48. The molecule has 0 fully saturated rings. The Bertz CT molecular complexity index is 697. The highest BCUT2D eigenvalue weighted by Crippen LogP contribution is 2.36. The summed E-state index contributed by atoms with van der Waals surface area (Å²) in [6, 6.07) is 11.3. The summed E-state index contributed by atoms with van der Waals surface area (Å²) in [7, 11) is 0. The molecule has 3 rings (SSSR count). The number of benzene rings is 2. The second-order valence-electron chi connectivity index (χ2n) is 4.91. The van der Waals surface area contributed by atoms with Crippen LogP contribution in [0.15, 0.2) is 40.9 Å². The molecule has 2 aromatic rings. The van der Waals surface area contributed by atoms with E-state index in [4.69, 9.17) is 16.3 Å². The van der Waals surface area contributed by atoms with E-state index in [9.17, 15) is 4.79 Å². The average Bonchev–Trinajstić information content (AvgIpc) is 2.42. The van der Waals surface area contributed by atoms with E-state index >= 15 is 0 Å². The van der Waals surface area contributed by atoms with Gasteiger partial charge >= 0.3 is 0 Å². The highest BCUT2D eigenvalue weighted by atomic mass is 79.9. The van der Waals surface area contributed by atoms with Crippen molar-refractivity contribution in [2.45, 2.75) is 19.4 Å². The van der Waals surface area contributed by atoms with Gasteiger partial charge in [0.1, 0.15) is 11.9 Å². The van der Waals surface area contributed by atoms with Crippen molar-refractivity contribution in [3.8, 4) is 5.75 Å². The van der Waals surface area contributed by atoms with Crippen LogP contribution in [-0.4, -0.2) is 5.78 Å². The van der Waals surface area contributed by atoms with Gasteiger partial charge in [0, 0.05) is 4.47 Å². The number of aryl methyl sites for hydroxylation is 1. The van der Waals surface area contributed by atoms with Crippen LogP contribution in [0.4, 0.5) is 0 Å². The summed E-state index contributed by atoms with van der Waals surface area (Å²) in [4.78, 5) is 12.3. The molecule has 1 aliphatic heterocycles. The van der Waals surface area contributed by atoms with Crippen LogP contribution >= 0.6 is 27.5 Å². The zero-order valence-electron chi connectivity index (χ0n) is 10.8. The van der Waals surface area contributed by atoms with Crippen molar-refractivity contribution in [3.05, 3.63) is 62.6 Å². The van der Waals surface area contributed by atoms with Gasteiger partial charge in [-0.3, -0.25) is 4.79 Å². The Morgan fingerprint density at radius 2 is 2.05 bits per heavy atom. The minimum Gasteiger partial charge on any atom is -0.484 e. The van der Waals surface area contributed by atoms with Gasteiger partial charge in [-0.1, -0.05) is 29.3 Å². The molecule has 2 aromatic carbocycles. The van der Waals surface area contributed by atoms with Crippen LogP contribution in [0.5, 0.6) is 5.75 Å². The van der Waals surface area contributed by atoms with Crippen LogP contribution in [-0.2, 0) is 0 Å². The van der Waals surface area contributed by atoms with Gasteiger partial charge in [-0.25, -0.2) is 0 Å². The number of ketones is 1. The standard InChI is InChI=1S/C16H12BrClO2/c1-9-2-5-15-11(6-9)14(19)8-16(20-15)10-3-4-12(17)13(18)7-10/h2-7,16H,8H2,1H3. The molecule has 0 radical (unpaired) electrons. The lowest BCUT2D eigenvalue weighted by Gasteiger charge is -2.26. The number of fused-ring (bicyclic) bond motifs is 1. The van der Waals surface area contributed by atoms with Gasteiger partial charge in [0.2, 0.25) is 0 Å². The van der Waals surface area contributed by atoms with Crippen LogP contribution in [0.2, 0.25) is 5.02 Å². The van der Waals surface area contributed by atoms with Gasteiger partial charge in [0.05, 0.1) is 17.0 Å². The van der Waals surface area contributed by atoms with Gasteiger partial charge in [-0.05, 0) is 52.7 Å². The Morgan fingerprint density at radius 1 is 1.25 bits per heavy atom. The molecule has 1 aliphatic rings. The first-order valence-corrected chi connectivity index (χ1v) is 7.47. The van der Waals surface area contributed by atoms with Gasteiger partial charge < -0.3 is 4.74 Å². The molecule has 0 N–H and O–H groups in total. The van der Waals surface area contributed by atoms with Crippen LogP contribution in [0.3, 0.4) is 0 Å². The molecule has 0 amide bonds. The first-order chi connectivity index (χ1) is 9.54. The summed E-state index contributed by atoms with van der Waals surface area (Å²) in [6.07, 6.45) is 0.0670. The largest absolute Gasteiger partial charge is 0.484 e. The topological polar surface area (TPSA) is 26.3 Å². The van der Waals surface area contributed by atoms with Crippen molar-refractivity contribution in [1.29, 1.82) is 0 Å². The maximum absolute atomic E-state index is 12.3. The third-order valence-electron chi connectivity index (χ3n) is 3.39. The van der Waals surface area contributed by atoms with Gasteiger partial charge in [-0.15, -0.1) is 0 Å². The summed E-state index contributed by atoms with van der Waals surface area (Å²) in [6.45, 7) is 1.97. The quantitative estimate of drug-likeness (QED) is 0.713. The molecule has 0 saturated carbocycles. The predicted molar refractivity (Wildman–Crippen MR) is 82.6 cm³/mol. The highest BCUT2D eigenvalue weighted by molar-refractivity contribution is 9.10. The second kappa shape index (κ2) is 5.23. The summed E-state index contributed by atoms with van der Waals surface area (Å²) in [5, 5.41) is 0.619. The number of hydrogen-bond donors (Lipinski definition) is 0. The van der Waals surface area contributed by atoms with Crippen molar-refractivity contribution in [1.82, 2.24) is 0 Å². The highest BCUT2D eigenvalue weighted by Gasteiger charge is 2.27. The second-order valence-corrected chi connectivity index (χ2v) is 6.17. The van der Waals surface area contributed by atoms with Crippen molar-refractivity contribution in [2.24, 2.45) is 0 Å². The number of ether oxygens (including phenoxy) is 1. The number of halogens is 2. The maximum atomic E-state index is 12.3. The third-order valence-corrected chi connectivity index (χ3v) is 4.62. The van der Waals surface area contributed by atoms with Gasteiger partial charge in [0.15, 0.2) is 5.78 Å². The van der Waals surface area contributed by atoms with Crippen LogP contribution < -0.4 is 4.74 Å². The van der Waals surface area contributed by atoms with E-state index in [2.05, 4.69) is 15.9 Å². The summed E-state index contributed by atoms with van der Waals surface area (Å²) in [5.41, 5.74) is 2.65. The molecular weight excluding hydrogens is 340 g/mol. The number of hydrogen-bond acceptors (Lipinski definition) is 2. The molecule has 1 atom stereocenters. The molecule has 0 aromatic heterocycles. The maximum Gasteiger partial charge on any atom is 0.170 e. The van der Waals surface area contributed by atoms with Crippen LogP contribution in [0.1, 0.15) is 34.0 Å². The van der Waals surface area contributed by atoms with E-state index in [1.165, 1.54) is 0 Å². The molecule has 1 heterocycles. The van der Waals surface area contributed by atoms with Crippen LogP contribution in [0, 0.1) is 6.92 Å². The number of Topliss-reactive ketones (excluding diaryl/α,β-unsaturated/α-hetero) is 1. The van der Waals surface area contributed by atoms with Crippen molar-refractivity contribution in [2.75, 3.05) is 0 Å². The minimum atomic E-state index is -0.275. The van der Waals surface area contributed by atoms with E-state index in [0.717, 1.165) is 15.6 Å². The van der Waals surface area contributed by atoms with Gasteiger partial charge in [0.25, 0.3) is 0 Å². The van der Waals surface area contributed by atoms with Gasteiger partial charge in [-0.2, -0.15) is 0 Å². The van der Waals surface area contributed by atoms with E-state index in [1.54, 1.807) is 0 Å². The predicted octanol–water partition coefficient (Wildman–Crippen LogP) is 5.12. The van der Waals surface area contributed by atoms with Crippen LogP contribution in [0.25, 0.3) is 0 Å². The number of carbonyl (C=O) groups excluding carboxylic acids is 1. The summed E-state index contributed by atoms with van der Waals surface area (Å²) >= 11 is 9.46. The van der Waals surface area contributed by atoms with Crippen molar-refractivity contribution < 1.29 is 9.53 Å². The fourth-order valence-corrected chi connectivity index (χ4v) is 2.77. The molecule has 102 valence electrons. The van der Waals surface area contributed by atoms with E-state index in [-0.39, 0.29) is 11.9 Å². The fraction of sp³-hybridized carbons (Fsp3) is 0.188. The molecule has 2 nitrogen and oxygen atoms in total. The molecule has 0 aliphatic carbocycles. The molecule has 20 heavy (non-hydrogen) atoms. The van der Waals surface area contributed by atoms with E-state index in [1.807, 2.05) is 43.3 Å². The molecule has 0 bridgehead atoms. The smallest absolute Gasteiger partial charge is 0.170 e. The molecule has 1 unspecified atom stereocenters. The first-order valence-electron chi connectivity index (χ1n) is 6.30.